The predicted molar refractivity (Wildman–Crippen MR) is 51.0 cm³/mol. The second kappa shape index (κ2) is 3.35. The quantitative estimate of drug-likeness (QED) is 0.671. The average molecular weight is 168 g/mol. The largest absolute Gasteiger partial charge is 0.328 e. The van der Waals surface area contributed by atoms with Crippen molar-refractivity contribution in [2.24, 2.45) is 11.7 Å². The van der Waals surface area contributed by atoms with Gasteiger partial charge in [-0.2, -0.15) is 0 Å². The van der Waals surface area contributed by atoms with Crippen LogP contribution in [0, 0.1) is 5.92 Å². The summed E-state index contributed by atoms with van der Waals surface area (Å²) in [6, 6.07) is 1.32. The van der Waals surface area contributed by atoms with Gasteiger partial charge in [0.25, 0.3) is 0 Å². The van der Waals surface area contributed by atoms with Crippen molar-refractivity contribution in [1.82, 2.24) is 4.90 Å². The van der Waals surface area contributed by atoms with E-state index in [2.05, 4.69) is 11.8 Å². The molecule has 12 heavy (non-hydrogen) atoms. The van der Waals surface area contributed by atoms with E-state index in [1.165, 1.54) is 38.8 Å². The minimum absolute atomic E-state index is 0.398. The van der Waals surface area contributed by atoms with Gasteiger partial charge in [-0.3, -0.25) is 0 Å². The normalized spacial score (nSPS) is 35.0. The molecule has 1 saturated carbocycles. The van der Waals surface area contributed by atoms with E-state index < -0.39 is 0 Å². The summed E-state index contributed by atoms with van der Waals surface area (Å²) in [6.45, 7) is 4.72. The lowest BCUT2D eigenvalue weighted by Gasteiger charge is -2.34. The van der Waals surface area contributed by atoms with Crippen LogP contribution in [0.5, 0.6) is 0 Å². The van der Waals surface area contributed by atoms with Crippen molar-refractivity contribution < 1.29 is 0 Å². The number of hydrogen-bond acceptors (Lipinski definition) is 2. The van der Waals surface area contributed by atoms with Gasteiger partial charge in [0.2, 0.25) is 0 Å². The molecule has 0 aromatic carbocycles. The number of nitrogens with zero attached hydrogens (tertiary/aromatic N) is 1. The molecule has 2 heteroatoms. The standard InChI is InChI=1S/C10H20N2/c1-8(11)9-5-6-12(7-9)10-3-2-4-10/h8-10H,2-7,11H2,1H3. The molecular weight excluding hydrogens is 148 g/mol. The Morgan fingerprint density at radius 3 is 2.50 bits per heavy atom. The molecule has 2 fully saturated rings. The summed E-state index contributed by atoms with van der Waals surface area (Å²) in [6.07, 6.45) is 5.65. The van der Waals surface area contributed by atoms with Crippen LogP contribution in [0.15, 0.2) is 0 Å². The average Bonchev–Trinajstić information content (AvgIpc) is 2.32. The zero-order chi connectivity index (χ0) is 8.55. The van der Waals surface area contributed by atoms with Crippen molar-refractivity contribution in [3.63, 3.8) is 0 Å². The highest BCUT2D eigenvalue weighted by Crippen LogP contribution is 2.30. The molecule has 1 aliphatic heterocycles. The molecule has 1 saturated heterocycles. The maximum atomic E-state index is 5.89. The molecule has 0 spiro atoms. The Morgan fingerprint density at radius 2 is 2.08 bits per heavy atom. The smallest absolute Gasteiger partial charge is 0.00954 e. The minimum Gasteiger partial charge on any atom is -0.328 e. The zero-order valence-corrected chi connectivity index (χ0v) is 8.00. The molecule has 70 valence electrons. The topological polar surface area (TPSA) is 29.3 Å². The van der Waals surface area contributed by atoms with E-state index in [1.807, 2.05) is 0 Å². The Hall–Kier alpha value is -0.0800. The first-order valence-corrected chi connectivity index (χ1v) is 5.27. The van der Waals surface area contributed by atoms with Gasteiger partial charge in [0.15, 0.2) is 0 Å². The molecule has 0 radical (unpaired) electrons. The Morgan fingerprint density at radius 1 is 1.33 bits per heavy atom. The summed E-state index contributed by atoms with van der Waals surface area (Å²) in [4.78, 5) is 2.65. The van der Waals surface area contributed by atoms with Gasteiger partial charge in [0.05, 0.1) is 0 Å². The van der Waals surface area contributed by atoms with Gasteiger partial charge in [0.1, 0.15) is 0 Å². The van der Waals surface area contributed by atoms with E-state index in [0.29, 0.717) is 6.04 Å². The highest BCUT2D eigenvalue weighted by molar-refractivity contribution is 4.88. The van der Waals surface area contributed by atoms with Crippen LogP contribution in [0.1, 0.15) is 32.6 Å². The summed E-state index contributed by atoms with van der Waals surface area (Å²) >= 11 is 0. The summed E-state index contributed by atoms with van der Waals surface area (Å²) in [5.41, 5.74) is 5.89. The van der Waals surface area contributed by atoms with Crippen molar-refractivity contribution in [3.8, 4) is 0 Å². The van der Waals surface area contributed by atoms with E-state index >= 15 is 0 Å². The second-order valence-electron chi connectivity index (χ2n) is 4.49. The zero-order valence-electron chi connectivity index (χ0n) is 8.00. The maximum Gasteiger partial charge on any atom is 0.00954 e. The fraction of sp³-hybridized carbons (Fsp3) is 1.00. The van der Waals surface area contributed by atoms with E-state index in [4.69, 9.17) is 5.73 Å². The lowest BCUT2D eigenvalue weighted by Crippen LogP contribution is -2.39. The molecule has 2 rings (SSSR count). The van der Waals surface area contributed by atoms with Crippen LogP contribution in [0.2, 0.25) is 0 Å². The van der Waals surface area contributed by atoms with Gasteiger partial charge in [-0.05, 0) is 38.6 Å². The minimum atomic E-state index is 0.398. The van der Waals surface area contributed by atoms with Crippen molar-refractivity contribution in [3.05, 3.63) is 0 Å². The highest BCUT2D eigenvalue weighted by atomic mass is 15.2. The maximum absolute atomic E-state index is 5.89. The number of hydrogen-bond donors (Lipinski definition) is 1. The summed E-state index contributed by atoms with van der Waals surface area (Å²) in [7, 11) is 0. The molecule has 1 heterocycles. The van der Waals surface area contributed by atoms with Crippen molar-refractivity contribution in [2.75, 3.05) is 13.1 Å². The molecule has 2 nitrogen and oxygen atoms in total. The van der Waals surface area contributed by atoms with Gasteiger partial charge in [0, 0.05) is 18.6 Å². The Balaban J connectivity index is 1.81. The summed E-state index contributed by atoms with van der Waals surface area (Å²) in [5.74, 6) is 0.769. The number of rotatable bonds is 2. The SMILES string of the molecule is CC(N)C1CCN(C2CCC2)C1. The van der Waals surface area contributed by atoms with Gasteiger partial charge >= 0.3 is 0 Å². The van der Waals surface area contributed by atoms with Crippen LogP contribution < -0.4 is 5.73 Å². The second-order valence-corrected chi connectivity index (χ2v) is 4.49. The van der Waals surface area contributed by atoms with Crippen LogP contribution in [-0.2, 0) is 0 Å². The fourth-order valence-electron chi connectivity index (χ4n) is 2.33. The van der Waals surface area contributed by atoms with Crippen molar-refractivity contribution in [1.29, 1.82) is 0 Å². The van der Waals surface area contributed by atoms with Crippen LogP contribution in [0.25, 0.3) is 0 Å². The van der Waals surface area contributed by atoms with E-state index in [0.717, 1.165) is 12.0 Å². The van der Waals surface area contributed by atoms with Crippen molar-refractivity contribution >= 4 is 0 Å². The van der Waals surface area contributed by atoms with Crippen LogP contribution in [0.4, 0.5) is 0 Å². The van der Waals surface area contributed by atoms with Crippen LogP contribution in [0.3, 0.4) is 0 Å². The Kier molecular flexibility index (Phi) is 2.37. The van der Waals surface area contributed by atoms with E-state index in [1.54, 1.807) is 0 Å². The lowest BCUT2D eigenvalue weighted by atomic mass is 9.92. The lowest BCUT2D eigenvalue weighted by molar-refractivity contribution is 0.152. The van der Waals surface area contributed by atoms with Gasteiger partial charge in [-0.1, -0.05) is 6.42 Å². The molecule has 0 amide bonds. The first-order valence-electron chi connectivity index (χ1n) is 5.27. The molecule has 0 bridgehead atoms. The fourth-order valence-corrected chi connectivity index (χ4v) is 2.33. The van der Waals surface area contributed by atoms with Gasteiger partial charge in [-0.25, -0.2) is 0 Å². The molecule has 2 N–H and O–H groups in total. The molecular formula is C10H20N2. The van der Waals surface area contributed by atoms with Crippen LogP contribution >= 0.6 is 0 Å². The molecule has 2 unspecified atom stereocenters. The van der Waals surface area contributed by atoms with Gasteiger partial charge in [-0.15, -0.1) is 0 Å². The van der Waals surface area contributed by atoms with Crippen molar-refractivity contribution in [2.45, 2.75) is 44.7 Å². The first kappa shape index (κ1) is 8.52. The molecule has 2 aliphatic rings. The van der Waals surface area contributed by atoms with Crippen LogP contribution in [-0.4, -0.2) is 30.1 Å². The van der Waals surface area contributed by atoms with Gasteiger partial charge < -0.3 is 10.6 Å². The third-order valence-electron chi connectivity index (χ3n) is 3.59. The van der Waals surface area contributed by atoms with E-state index in [-0.39, 0.29) is 0 Å². The van der Waals surface area contributed by atoms with E-state index in [9.17, 15) is 0 Å². The molecule has 2 atom stereocenters. The Labute approximate surface area is 75.1 Å². The third kappa shape index (κ3) is 1.50. The Bertz CT molecular complexity index is 152. The number of nitrogens with two attached hydrogens (primary N) is 1. The molecule has 0 aromatic heterocycles. The predicted octanol–water partition coefficient (Wildman–Crippen LogP) is 1.21. The summed E-state index contributed by atoms with van der Waals surface area (Å²) < 4.78 is 0. The highest BCUT2D eigenvalue weighted by Gasteiger charge is 2.32. The first-order chi connectivity index (χ1) is 5.77. The third-order valence-corrected chi connectivity index (χ3v) is 3.59. The number of likely N-dealkylation sites (tertiary alicyclic amines) is 1. The monoisotopic (exact) mass is 168 g/mol. The molecule has 0 aromatic rings. The summed E-state index contributed by atoms with van der Waals surface area (Å²) in [5, 5.41) is 0. The molecule has 1 aliphatic carbocycles.